The second kappa shape index (κ2) is 12.7. The van der Waals surface area contributed by atoms with Crippen LogP contribution in [-0.2, 0) is 20.6 Å². The van der Waals surface area contributed by atoms with Crippen LogP contribution < -0.4 is 24.6 Å². The van der Waals surface area contributed by atoms with Crippen LogP contribution in [-0.4, -0.2) is 41.2 Å². The quantitative estimate of drug-likeness (QED) is 0.183. The van der Waals surface area contributed by atoms with Crippen molar-refractivity contribution in [3.63, 3.8) is 0 Å². The van der Waals surface area contributed by atoms with Gasteiger partial charge in [0.25, 0.3) is 5.91 Å². The number of fused-ring (bicyclic) bond motifs is 9. The largest absolute Gasteiger partial charge is 0.490 e. The maximum absolute atomic E-state index is 14.1. The minimum Gasteiger partial charge on any atom is -0.490 e. The Kier molecular flexibility index (Phi) is 8.46. The van der Waals surface area contributed by atoms with Crippen LogP contribution >= 0.6 is 34.7 Å². The van der Waals surface area contributed by atoms with E-state index >= 15 is 0 Å². The Labute approximate surface area is 302 Å². The number of amides is 3. The molecular formula is C36H29ClF3N3O6S2. The molecule has 4 aliphatic rings. The molecule has 4 aromatic rings. The van der Waals surface area contributed by atoms with E-state index in [9.17, 15) is 32.3 Å². The van der Waals surface area contributed by atoms with Crippen molar-refractivity contribution in [3.05, 3.63) is 97.4 Å². The number of anilines is 2. The maximum atomic E-state index is 14.1. The first-order valence-electron chi connectivity index (χ1n) is 16.3. The third kappa shape index (κ3) is 5.71. The van der Waals surface area contributed by atoms with Gasteiger partial charge in [0.15, 0.2) is 18.1 Å². The number of halogens is 4. The SMILES string of the molecule is CCOc1cc([C@H]2c3sc(=O)[nH]c3SC3C2[C@H]2C[C@@H]3C3C(=O)N(c4ccccc4C(F)(F)F)C(=O)C32)ccc1OCC(=O)Nc1ccc(Cl)cc1. The van der Waals surface area contributed by atoms with Crippen LogP contribution in [0.5, 0.6) is 11.5 Å². The highest BCUT2D eigenvalue weighted by Gasteiger charge is 2.70. The van der Waals surface area contributed by atoms with E-state index in [1.165, 1.54) is 30.0 Å². The van der Waals surface area contributed by atoms with Crippen molar-refractivity contribution >= 4 is 63.8 Å². The Bertz CT molecular complexity index is 2120. The molecule has 8 rings (SSSR count). The summed E-state index contributed by atoms with van der Waals surface area (Å²) in [6.07, 6.45) is -4.18. The molecule has 7 atom stereocenters. The molecule has 2 saturated carbocycles. The summed E-state index contributed by atoms with van der Waals surface area (Å²) in [4.78, 5) is 57.7. The van der Waals surface area contributed by atoms with Crippen molar-refractivity contribution in [2.75, 3.05) is 23.4 Å². The van der Waals surface area contributed by atoms with Gasteiger partial charge in [-0.3, -0.25) is 19.2 Å². The molecular weight excluding hydrogens is 727 g/mol. The van der Waals surface area contributed by atoms with Crippen LogP contribution in [0.25, 0.3) is 0 Å². The molecule has 1 aromatic heterocycles. The number of ether oxygens (including phenoxy) is 2. The summed E-state index contributed by atoms with van der Waals surface area (Å²) in [7, 11) is 0. The van der Waals surface area contributed by atoms with Crippen LogP contribution in [0.4, 0.5) is 24.5 Å². The Morgan fingerprint density at radius 2 is 1.71 bits per heavy atom. The first-order valence-corrected chi connectivity index (χ1v) is 18.4. The molecule has 4 unspecified atom stereocenters. The normalized spacial score (nSPS) is 26.1. The number of hydrogen-bond donors (Lipinski definition) is 2. The highest BCUT2D eigenvalue weighted by atomic mass is 35.5. The standard InChI is InChI=1S/C36H29ClF3N3O6S2/c1-2-48-24-13-16(7-12-23(24)49-15-25(44)41-18-10-8-17(37)9-11-18)26-27-19-14-20(30(27)50-32-31(26)51-35(47)42-32)29-28(19)33(45)43(34(29)46)22-6-4-3-5-21(22)36(38,39)40/h3-13,19-20,26-30H,2,14-15H2,1H3,(H,41,44)(H,42,47)/t19-,20-,26-,27?,28?,29?,30?/m1/s1. The van der Waals surface area contributed by atoms with Gasteiger partial charge in [0, 0.05) is 26.8 Å². The van der Waals surface area contributed by atoms with Crippen molar-refractivity contribution in [2.24, 2.45) is 29.6 Å². The average Bonchev–Trinajstić information content (AvgIpc) is 3.83. The molecule has 0 spiro atoms. The van der Waals surface area contributed by atoms with Crippen LogP contribution in [0.15, 0.2) is 76.6 Å². The third-order valence-corrected chi connectivity index (χ3v) is 13.1. The fraction of sp³-hybridized carbons (Fsp3) is 0.333. The van der Waals surface area contributed by atoms with Crippen LogP contribution in [0.1, 0.15) is 35.3 Å². The molecule has 2 aliphatic heterocycles. The van der Waals surface area contributed by atoms with Gasteiger partial charge in [0.05, 0.1) is 34.7 Å². The lowest BCUT2D eigenvalue weighted by Gasteiger charge is -2.43. The summed E-state index contributed by atoms with van der Waals surface area (Å²) in [5, 5.41) is 3.80. The van der Waals surface area contributed by atoms with Crippen LogP contribution in [0.3, 0.4) is 0 Å². The van der Waals surface area contributed by atoms with E-state index in [-0.39, 0.29) is 40.4 Å². The molecule has 3 amide bonds. The fourth-order valence-corrected chi connectivity index (χ4v) is 11.5. The number of alkyl halides is 3. The highest BCUT2D eigenvalue weighted by molar-refractivity contribution is 8.00. The number of thiazole rings is 1. The van der Waals surface area contributed by atoms with E-state index < -0.39 is 47.0 Å². The van der Waals surface area contributed by atoms with Crippen molar-refractivity contribution in [1.82, 2.24) is 4.98 Å². The summed E-state index contributed by atoms with van der Waals surface area (Å²) >= 11 is 8.50. The zero-order valence-corrected chi connectivity index (χ0v) is 29.1. The summed E-state index contributed by atoms with van der Waals surface area (Å²) in [6.45, 7) is 1.81. The minimum atomic E-state index is -4.75. The molecule has 3 fully saturated rings. The van der Waals surface area contributed by atoms with E-state index in [4.69, 9.17) is 21.1 Å². The molecule has 1 saturated heterocycles. The van der Waals surface area contributed by atoms with E-state index in [0.29, 0.717) is 40.3 Å². The van der Waals surface area contributed by atoms with Crippen LogP contribution in [0, 0.1) is 29.6 Å². The molecule has 2 bridgehead atoms. The minimum absolute atomic E-state index is 0.170. The number of nitrogens with zero attached hydrogens (tertiary/aromatic N) is 1. The molecule has 3 heterocycles. The van der Waals surface area contributed by atoms with Gasteiger partial charge in [0.1, 0.15) is 0 Å². The number of thioether (sulfide) groups is 1. The van der Waals surface area contributed by atoms with E-state index in [1.54, 1.807) is 30.3 Å². The van der Waals surface area contributed by atoms with E-state index in [2.05, 4.69) is 10.3 Å². The summed E-state index contributed by atoms with van der Waals surface area (Å²) < 4.78 is 53.9. The summed E-state index contributed by atoms with van der Waals surface area (Å²) in [5.41, 5.74) is -0.120. The van der Waals surface area contributed by atoms with Gasteiger partial charge < -0.3 is 19.8 Å². The number of nitrogens with one attached hydrogen (secondary N) is 2. The van der Waals surface area contributed by atoms with Crippen molar-refractivity contribution in [2.45, 2.75) is 35.7 Å². The van der Waals surface area contributed by atoms with Gasteiger partial charge in [0.2, 0.25) is 11.8 Å². The first-order chi connectivity index (χ1) is 24.4. The first kappa shape index (κ1) is 33.9. The number of aromatic nitrogens is 1. The molecule has 0 radical (unpaired) electrons. The Morgan fingerprint density at radius 1 is 0.980 bits per heavy atom. The second-order valence-electron chi connectivity index (χ2n) is 13.0. The van der Waals surface area contributed by atoms with E-state index in [0.717, 1.165) is 32.7 Å². The van der Waals surface area contributed by atoms with Gasteiger partial charge in [-0.05, 0) is 85.2 Å². The third-order valence-electron chi connectivity index (χ3n) is 10.3. The number of imide groups is 1. The van der Waals surface area contributed by atoms with Gasteiger partial charge in [-0.1, -0.05) is 41.1 Å². The average molecular weight is 756 g/mol. The van der Waals surface area contributed by atoms with Crippen molar-refractivity contribution in [1.29, 1.82) is 0 Å². The predicted molar refractivity (Wildman–Crippen MR) is 186 cm³/mol. The van der Waals surface area contributed by atoms with Crippen LogP contribution in [0.2, 0.25) is 5.02 Å². The Morgan fingerprint density at radius 3 is 2.43 bits per heavy atom. The number of rotatable bonds is 8. The maximum Gasteiger partial charge on any atom is 0.418 e. The van der Waals surface area contributed by atoms with Gasteiger partial charge in [-0.2, -0.15) is 13.2 Å². The predicted octanol–water partition coefficient (Wildman–Crippen LogP) is 7.20. The van der Waals surface area contributed by atoms with Crippen molar-refractivity contribution < 1.29 is 37.0 Å². The molecule has 2 aliphatic carbocycles. The Balaban J connectivity index is 1.11. The number of benzene rings is 3. The number of aromatic amines is 1. The van der Waals surface area contributed by atoms with Gasteiger partial charge in [-0.15, -0.1) is 11.8 Å². The number of H-pyrrole nitrogens is 1. The fourth-order valence-electron chi connectivity index (χ4n) is 8.52. The Hall–Kier alpha value is -4.27. The van der Waals surface area contributed by atoms with Gasteiger partial charge in [-0.25, -0.2) is 4.90 Å². The zero-order chi connectivity index (χ0) is 35.8. The number of para-hydroxylation sites is 1. The molecule has 264 valence electrons. The second-order valence-corrected chi connectivity index (χ2v) is 15.6. The number of hydrogen-bond acceptors (Lipinski definition) is 8. The summed E-state index contributed by atoms with van der Waals surface area (Å²) in [6, 6.07) is 16.7. The lowest BCUT2D eigenvalue weighted by Crippen LogP contribution is -2.42. The number of carbonyl (C=O) groups excluding carboxylic acids is 3. The lowest BCUT2D eigenvalue weighted by atomic mass is 9.68. The molecule has 2 N–H and O–H groups in total. The van der Waals surface area contributed by atoms with Gasteiger partial charge >= 0.3 is 11.0 Å². The highest BCUT2D eigenvalue weighted by Crippen LogP contribution is 2.69. The lowest BCUT2D eigenvalue weighted by molar-refractivity contribution is -0.137. The van der Waals surface area contributed by atoms with E-state index in [1.807, 2.05) is 19.1 Å². The van der Waals surface area contributed by atoms with Crippen molar-refractivity contribution in [3.8, 4) is 11.5 Å². The smallest absolute Gasteiger partial charge is 0.418 e. The molecule has 9 nitrogen and oxygen atoms in total. The number of carbonyl (C=O) groups is 3. The molecule has 3 aromatic carbocycles. The molecule has 15 heteroatoms. The zero-order valence-electron chi connectivity index (χ0n) is 26.7. The summed E-state index contributed by atoms with van der Waals surface area (Å²) in [5.74, 6) is -3.56. The molecule has 51 heavy (non-hydrogen) atoms. The topological polar surface area (TPSA) is 118 Å². The monoisotopic (exact) mass is 755 g/mol.